The zero-order valence-electron chi connectivity index (χ0n) is 20.3. The van der Waals surface area contributed by atoms with E-state index in [2.05, 4.69) is 114 Å². The first-order valence-electron chi connectivity index (χ1n) is 12.3. The van der Waals surface area contributed by atoms with E-state index < -0.39 is 11.1 Å². The van der Waals surface area contributed by atoms with Crippen LogP contribution < -0.4 is 0 Å². The first-order chi connectivity index (χ1) is 18.3. The quantitative estimate of drug-likeness (QED) is 0.220. The minimum Gasteiger partial charge on any atom is -0.128 e. The molecule has 0 bridgehead atoms. The second-order valence-corrected chi connectivity index (χ2v) is 9.14. The molecule has 0 saturated heterocycles. The van der Waals surface area contributed by atoms with Gasteiger partial charge in [-0.05, 0) is 50.8 Å². The monoisotopic (exact) mass is 477 g/mol. The molecule has 0 aliphatic carbocycles. The lowest BCUT2D eigenvalue weighted by Gasteiger charge is -2.45. The first-order valence-corrected chi connectivity index (χ1v) is 12.3. The molecule has 4 nitrogen and oxygen atoms in total. The molecule has 177 valence electrons. The van der Waals surface area contributed by atoms with Crippen molar-refractivity contribution < 1.29 is 0 Å². The van der Waals surface area contributed by atoms with Crippen LogP contribution in [-0.2, 0) is 11.1 Å². The van der Waals surface area contributed by atoms with Crippen LogP contribution in [0, 0.1) is 6.92 Å². The fourth-order valence-electron chi connectivity index (χ4n) is 5.54. The van der Waals surface area contributed by atoms with Crippen LogP contribution in [0.3, 0.4) is 0 Å². The summed E-state index contributed by atoms with van der Waals surface area (Å²) in [7, 11) is 0. The van der Waals surface area contributed by atoms with Crippen molar-refractivity contribution in [3.8, 4) is 11.1 Å². The Bertz CT molecular complexity index is 1450. The van der Waals surface area contributed by atoms with Crippen molar-refractivity contribution in [3.05, 3.63) is 174 Å². The van der Waals surface area contributed by atoms with Crippen LogP contribution in [0.25, 0.3) is 11.1 Å². The van der Waals surface area contributed by atoms with Crippen LogP contribution in [-0.4, -0.2) is 0 Å². The molecule has 6 rings (SSSR count). The van der Waals surface area contributed by atoms with Gasteiger partial charge in [0.2, 0.25) is 5.66 Å². The van der Waals surface area contributed by atoms with Gasteiger partial charge in [0.05, 0.1) is 5.41 Å². The van der Waals surface area contributed by atoms with Crippen LogP contribution >= 0.6 is 0 Å². The zero-order chi connectivity index (χ0) is 25.1. The Hall–Kier alpha value is -4.70. The molecule has 0 atom stereocenters. The van der Waals surface area contributed by atoms with Crippen molar-refractivity contribution in [2.45, 2.75) is 11.1 Å². The second kappa shape index (κ2) is 9.40. The Balaban J connectivity index is 1.77. The average Bonchev–Trinajstić information content (AvgIpc) is 3.47. The van der Waals surface area contributed by atoms with E-state index in [0.29, 0.717) is 0 Å². The molecule has 0 unspecified atom stereocenters. The van der Waals surface area contributed by atoms with E-state index in [-0.39, 0.29) is 0 Å². The molecule has 37 heavy (non-hydrogen) atoms. The highest BCUT2D eigenvalue weighted by atomic mass is 15.6. The van der Waals surface area contributed by atoms with Gasteiger partial charge in [0.1, 0.15) is 0 Å². The highest BCUT2D eigenvalue weighted by Crippen LogP contribution is 2.58. The molecule has 1 heterocycles. The molecule has 0 saturated carbocycles. The summed E-state index contributed by atoms with van der Waals surface area (Å²) in [5, 5.41) is 18.2. The molecule has 5 aromatic carbocycles. The topological polar surface area (TPSA) is 49.4 Å². The van der Waals surface area contributed by atoms with Crippen LogP contribution in [0.5, 0.6) is 0 Å². The molecular weight excluding hydrogens is 452 g/mol. The minimum atomic E-state index is -1.20. The van der Waals surface area contributed by atoms with Crippen LogP contribution in [0.15, 0.2) is 160 Å². The van der Waals surface area contributed by atoms with Crippen molar-refractivity contribution in [1.82, 2.24) is 0 Å². The van der Waals surface area contributed by atoms with Gasteiger partial charge in [-0.2, -0.15) is 0 Å². The Kier molecular flexibility index (Phi) is 5.78. The number of nitrogens with zero attached hydrogens (tertiary/aromatic N) is 4. The van der Waals surface area contributed by atoms with Gasteiger partial charge in [0.25, 0.3) is 0 Å². The van der Waals surface area contributed by atoms with Crippen LogP contribution in [0.2, 0.25) is 0 Å². The number of hydrogen-bond donors (Lipinski definition) is 0. The summed E-state index contributed by atoms with van der Waals surface area (Å²) in [6.45, 7) is 4.06. The van der Waals surface area contributed by atoms with E-state index in [1.807, 2.05) is 42.5 Å². The number of hydrogen-bond acceptors (Lipinski definition) is 4. The SMILES string of the molecule is [CH2]c1ccc(-c2ccccc2C2(C(c3ccccc3)(c3ccccc3)c3ccccc3)N=NN=N2)cc1. The predicted octanol–water partition coefficient (Wildman–Crippen LogP) is 8.56. The van der Waals surface area contributed by atoms with Crippen molar-refractivity contribution in [1.29, 1.82) is 0 Å². The molecule has 5 aromatic rings. The molecule has 0 fully saturated rings. The third-order valence-electron chi connectivity index (χ3n) is 7.13. The molecule has 1 aliphatic rings. The zero-order valence-corrected chi connectivity index (χ0v) is 20.3. The van der Waals surface area contributed by atoms with Crippen molar-refractivity contribution in [2.75, 3.05) is 0 Å². The van der Waals surface area contributed by atoms with E-state index in [1.165, 1.54) is 0 Å². The van der Waals surface area contributed by atoms with Gasteiger partial charge in [0.15, 0.2) is 0 Å². The highest BCUT2D eigenvalue weighted by molar-refractivity contribution is 5.72. The van der Waals surface area contributed by atoms with E-state index in [4.69, 9.17) is 10.2 Å². The summed E-state index contributed by atoms with van der Waals surface area (Å²) >= 11 is 0. The van der Waals surface area contributed by atoms with Gasteiger partial charge in [-0.15, -0.1) is 10.2 Å². The highest BCUT2D eigenvalue weighted by Gasteiger charge is 2.60. The maximum atomic E-state index is 4.92. The summed E-state index contributed by atoms with van der Waals surface area (Å²) in [6.07, 6.45) is 0. The minimum absolute atomic E-state index is 0.858. The fraction of sp³-hybridized carbons (Fsp3) is 0.0606. The van der Waals surface area contributed by atoms with Gasteiger partial charge in [-0.3, -0.25) is 0 Å². The Morgan fingerprint density at radius 2 is 0.919 bits per heavy atom. The Morgan fingerprint density at radius 3 is 1.41 bits per heavy atom. The molecule has 0 spiro atoms. The molecule has 1 aliphatic heterocycles. The second-order valence-electron chi connectivity index (χ2n) is 9.14. The fourth-order valence-corrected chi connectivity index (χ4v) is 5.54. The normalized spacial score (nSPS) is 14.1. The summed E-state index contributed by atoms with van der Waals surface area (Å²) in [4.78, 5) is 0. The summed E-state index contributed by atoms with van der Waals surface area (Å²) in [5.74, 6) is 0. The molecule has 4 heteroatoms. The van der Waals surface area contributed by atoms with E-state index in [1.54, 1.807) is 0 Å². The maximum Gasteiger partial charge on any atom is 0.238 e. The summed E-state index contributed by atoms with van der Waals surface area (Å²) in [6, 6.07) is 47.8. The third kappa shape index (κ3) is 3.61. The van der Waals surface area contributed by atoms with E-state index in [0.717, 1.165) is 38.9 Å². The first kappa shape index (κ1) is 22.7. The van der Waals surface area contributed by atoms with Gasteiger partial charge in [0, 0.05) is 5.56 Å². The van der Waals surface area contributed by atoms with Gasteiger partial charge in [-0.1, -0.05) is 140 Å². The smallest absolute Gasteiger partial charge is 0.128 e. The third-order valence-corrected chi connectivity index (χ3v) is 7.13. The van der Waals surface area contributed by atoms with Gasteiger partial charge >= 0.3 is 0 Å². The molecule has 0 amide bonds. The lowest BCUT2D eigenvalue weighted by atomic mass is 9.59. The molecular formula is C33H25N4. The summed E-state index contributed by atoms with van der Waals surface area (Å²) in [5.41, 5.74) is 5.06. The van der Waals surface area contributed by atoms with Crippen LogP contribution in [0.4, 0.5) is 0 Å². The molecule has 1 radical (unpaired) electrons. The summed E-state index contributed by atoms with van der Waals surface area (Å²) < 4.78 is 0. The van der Waals surface area contributed by atoms with E-state index >= 15 is 0 Å². The van der Waals surface area contributed by atoms with Crippen molar-refractivity contribution >= 4 is 0 Å². The van der Waals surface area contributed by atoms with E-state index in [9.17, 15) is 0 Å². The van der Waals surface area contributed by atoms with Crippen molar-refractivity contribution in [2.24, 2.45) is 20.7 Å². The Morgan fingerprint density at radius 1 is 0.486 bits per heavy atom. The average molecular weight is 478 g/mol. The lowest BCUT2D eigenvalue weighted by molar-refractivity contribution is 0.318. The molecule has 0 aromatic heterocycles. The lowest BCUT2D eigenvalue weighted by Crippen LogP contribution is -2.48. The van der Waals surface area contributed by atoms with Gasteiger partial charge in [-0.25, -0.2) is 0 Å². The molecule has 0 N–H and O–H groups in total. The maximum absolute atomic E-state index is 4.92. The Labute approximate surface area is 217 Å². The number of benzene rings is 5. The predicted molar refractivity (Wildman–Crippen MR) is 147 cm³/mol. The van der Waals surface area contributed by atoms with Crippen LogP contribution in [0.1, 0.15) is 27.8 Å². The van der Waals surface area contributed by atoms with Gasteiger partial charge < -0.3 is 0 Å². The van der Waals surface area contributed by atoms with Crippen molar-refractivity contribution in [3.63, 3.8) is 0 Å². The standard InChI is InChI=1S/C33H25N4/c1-25-21-23-26(24-22-25)30-19-11-12-20-31(30)33(34-36-37-35-33)32(27-13-5-2-6-14-27,28-15-7-3-8-16-28)29-17-9-4-10-18-29/h2-24H,1H2. The largest absolute Gasteiger partial charge is 0.238 e. The number of rotatable bonds is 6.